The quantitative estimate of drug-likeness (QED) is 0.696. The first kappa shape index (κ1) is 17.4. The van der Waals surface area contributed by atoms with Crippen molar-refractivity contribution >= 4 is 34.1 Å². The van der Waals surface area contributed by atoms with Crippen LogP contribution in [0.4, 0.5) is 16.8 Å². The number of carboxylic acids is 1. The zero-order chi connectivity index (χ0) is 18.8. The Morgan fingerprint density at radius 3 is 3.00 bits per heavy atom. The smallest absolute Gasteiger partial charge is 0.326 e. The van der Waals surface area contributed by atoms with Crippen molar-refractivity contribution in [3.8, 4) is 10.6 Å². The average molecular weight is 381 g/mol. The van der Waals surface area contributed by atoms with Crippen LogP contribution in [0, 0.1) is 6.92 Å². The first-order chi connectivity index (χ1) is 13.1. The summed E-state index contributed by atoms with van der Waals surface area (Å²) in [5, 5.41) is 13.3. The Hall–Kier alpha value is -3.00. The molecule has 4 rings (SSSR count). The molecule has 138 valence electrons. The number of nitrogens with one attached hydrogen (secondary N) is 1. The van der Waals surface area contributed by atoms with Crippen molar-refractivity contribution in [2.45, 2.75) is 25.8 Å². The van der Waals surface area contributed by atoms with Crippen LogP contribution in [0.3, 0.4) is 0 Å². The van der Waals surface area contributed by atoms with Crippen molar-refractivity contribution in [1.82, 2.24) is 15.0 Å². The molecule has 27 heavy (non-hydrogen) atoms. The molecular weight excluding hydrogens is 362 g/mol. The van der Waals surface area contributed by atoms with Crippen molar-refractivity contribution in [3.05, 3.63) is 48.3 Å². The van der Waals surface area contributed by atoms with Crippen LogP contribution in [0.2, 0.25) is 0 Å². The predicted molar refractivity (Wildman–Crippen MR) is 106 cm³/mol. The van der Waals surface area contributed by atoms with Gasteiger partial charge >= 0.3 is 5.97 Å². The lowest BCUT2D eigenvalue weighted by atomic mass is 10.2. The molecule has 4 heterocycles. The van der Waals surface area contributed by atoms with E-state index in [1.54, 1.807) is 12.4 Å². The maximum Gasteiger partial charge on any atom is 0.326 e. The minimum absolute atomic E-state index is 0.489. The van der Waals surface area contributed by atoms with Crippen molar-refractivity contribution < 1.29 is 9.90 Å². The average Bonchev–Trinajstić information content (AvgIpc) is 3.31. The Kier molecular flexibility index (Phi) is 4.72. The number of nitrogens with zero attached hydrogens (tertiary/aromatic N) is 4. The van der Waals surface area contributed by atoms with Gasteiger partial charge in [-0.3, -0.25) is 0 Å². The van der Waals surface area contributed by atoms with Crippen molar-refractivity contribution in [3.63, 3.8) is 0 Å². The SMILES string of the molecule is Cc1ccnc(Nc2cccc(-c3cnc(N4CCC[C@H]4C(=O)O)s3)n2)c1. The predicted octanol–water partition coefficient (Wildman–Crippen LogP) is 3.71. The van der Waals surface area contributed by atoms with Crippen LogP contribution in [0.25, 0.3) is 10.6 Å². The van der Waals surface area contributed by atoms with Crippen molar-refractivity contribution in [2.24, 2.45) is 0 Å². The molecule has 3 aromatic rings. The van der Waals surface area contributed by atoms with Crippen molar-refractivity contribution in [2.75, 3.05) is 16.8 Å². The van der Waals surface area contributed by atoms with Crippen LogP contribution in [-0.4, -0.2) is 38.6 Å². The Bertz CT molecular complexity index is 974. The summed E-state index contributed by atoms with van der Waals surface area (Å²) in [6.07, 6.45) is 5.04. The second-order valence-corrected chi connectivity index (χ2v) is 7.46. The van der Waals surface area contributed by atoms with Gasteiger partial charge in [-0.25, -0.2) is 19.7 Å². The first-order valence-electron chi connectivity index (χ1n) is 8.72. The van der Waals surface area contributed by atoms with Gasteiger partial charge in [0.15, 0.2) is 5.13 Å². The molecule has 3 aromatic heterocycles. The number of aryl methyl sites for hydroxylation is 1. The topological polar surface area (TPSA) is 91.2 Å². The largest absolute Gasteiger partial charge is 0.480 e. The summed E-state index contributed by atoms with van der Waals surface area (Å²) in [6, 6.07) is 9.14. The van der Waals surface area contributed by atoms with Gasteiger partial charge in [-0.1, -0.05) is 17.4 Å². The molecule has 1 atom stereocenters. The second kappa shape index (κ2) is 7.32. The molecular formula is C19H19N5O2S. The highest BCUT2D eigenvalue weighted by atomic mass is 32.1. The molecule has 0 aromatic carbocycles. The molecule has 1 aliphatic heterocycles. The molecule has 8 heteroatoms. The lowest BCUT2D eigenvalue weighted by Crippen LogP contribution is -2.35. The van der Waals surface area contributed by atoms with Gasteiger partial charge in [-0.2, -0.15) is 0 Å². The lowest BCUT2D eigenvalue weighted by Gasteiger charge is -2.19. The molecule has 1 fully saturated rings. The fourth-order valence-corrected chi connectivity index (χ4v) is 4.11. The number of carbonyl (C=O) groups is 1. The van der Waals surface area contributed by atoms with Gasteiger partial charge in [-0.05, 0) is 49.6 Å². The Labute approximate surface area is 160 Å². The monoisotopic (exact) mass is 381 g/mol. The normalized spacial score (nSPS) is 16.5. The fraction of sp³-hybridized carbons (Fsp3) is 0.263. The second-order valence-electron chi connectivity index (χ2n) is 6.45. The van der Waals surface area contributed by atoms with E-state index in [0.29, 0.717) is 12.2 Å². The standard InChI is InChI=1S/C19H19N5O2S/c1-12-7-8-20-17(10-12)23-16-6-2-4-13(22-16)15-11-21-19(27-15)24-9-3-5-14(24)18(25)26/h2,4,6-8,10-11,14H,3,5,9H2,1H3,(H,25,26)(H,20,22,23)/t14-/m0/s1. The molecule has 0 spiro atoms. The van der Waals surface area contributed by atoms with Gasteiger partial charge in [0.25, 0.3) is 0 Å². The number of aliphatic carboxylic acids is 1. The Balaban J connectivity index is 1.56. The third-order valence-electron chi connectivity index (χ3n) is 4.45. The van der Waals surface area contributed by atoms with E-state index in [1.807, 2.05) is 42.2 Å². The summed E-state index contributed by atoms with van der Waals surface area (Å²) in [5.74, 6) is 0.648. The summed E-state index contributed by atoms with van der Waals surface area (Å²) in [7, 11) is 0. The molecule has 1 aliphatic rings. The van der Waals surface area contributed by atoms with E-state index in [2.05, 4.69) is 20.3 Å². The molecule has 1 saturated heterocycles. The number of pyridine rings is 2. The van der Waals surface area contributed by atoms with Crippen LogP contribution in [-0.2, 0) is 4.79 Å². The zero-order valence-electron chi connectivity index (χ0n) is 14.8. The summed E-state index contributed by atoms with van der Waals surface area (Å²) >= 11 is 1.47. The maximum atomic E-state index is 11.4. The number of thiazole rings is 1. The zero-order valence-corrected chi connectivity index (χ0v) is 15.6. The van der Waals surface area contributed by atoms with Gasteiger partial charge in [0, 0.05) is 18.9 Å². The third-order valence-corrected chi connectivity index (χ3v) is 5.51. The number of hydrogen-bond donors (Lipinski definition) is 2. The summed E-state index contributed by atoms with van der Waals surface area (Å²) in [6.45, 7) is 2.73. The van der Waals surface area contributed by atoms with Gasteiger partial charge in [-0.15, -0.1) is 0 Å². The highest BCUT2D eigenvalue weighted by Crippen LogP contribution is 2.34. The molecule has 0 radical (unpaired) electrons. The van der Waals surface area contributed by atoms with Gasteiger partial charge in [0.2, 0.25) is 0 Å². The van der Waals surface area contributed by atoms with Crippen LogP contribution in [0.15, 0.2) is 42.7 Å². The van der Waals surface area contributed by atoms with E-state index < -0.39 is 12.0 Å². The van der Waals surface area contributed by atoms with E-state index in [0.717, 1.165) is 40.0 Å². The number of rotatable bonds is 5. The van der Waals surface area contributed by atoms with E-state index >= 15 is 0 Å². The summed E-state index contributed by atoms with van der Waals surface area (Å²) in [5.41, 5.74) is 1.91. The highest BCUT2D eigenvalue weighted by Gasteiger charge is 2.32. The van der Waals surface area contributed by atoms with E-state index in [1.165, 1.54) is 11.3 Å². The summed E-state index contributed by atoms with van der Waals surface area (Å²) in [4.78, 5) is 27.6. The molecule has 0 saturated carbocycles. The number of hydrogen-bond acceptors (Lipinski definition) is 7. The molecule has 2 N–H and O–H groups in total. The van der Waals surface area contributed by atoms with E-state index in [9.17, 15) is 9.90 Å². The minimum atomic E-state index is -0.792. The lowest BCUT2D eigenvalue weighted by molar-refractivity contribution is -0.138. The van der Waals surface area contributed by atoms with Gasteiger partial charge in [0.1, 0.15) is 17.7 Å². The minimum Gasteiger partial charge on any atom is -0.480 e. The number of carboxylic acid groups (broad SMARTS) is 1. The van der Waals surface area contributed by atoms with Gasteiger partial charge in [0.05, 0.1) is 10.6 Å². The first-order valence-corrected chi connectivity index (χ1v) is 9.54. The highest BCUT2D eigenvalue weighted by molar-refractivity contribution is 7.18. The van der Waals surface area contributed by atoms with Crippen LogP contribution >= 0.6 is 11.3 Å². The van der Waals surface area contributed by atoms with Crippen LogP contribution in [0.1, 0.15) is 18.4 Å². The summed E-state index contributed by atoms with van der Waals surface area (Å²) < 4.78 is 0. The molecule has 7 nitrogen and oxygen atoms in total. The fourth-order valence-electron chi connectivity index (χ4n) is 3.15. The molecule has 0 aliphatic carbocycles. The van der Waals surface area contributed by atoms with Gasteiger partial charge < -0.3 is 15.3 Å². The molecule has 0 unspecified atom stereocenters. The Morgan fingerprint density at radius 1 is 1.30 bits per heavy atom. The van der Waals surface area contributed by atoms with E-state index in [4.69, 9.17) is 0 Å². The number of aromatic nitrogens is 3. The van der Waals surface area contributed by atoms with Crippen molar-refractivity contribution in [1.29, 1.82) is 0 Å². The molecule has 0 bridgehead atoms. The number of anilines is 3. The van der Waals surface area contributed by atoms with Crippen LogP contribution in [0.5, 0.6) is 0 Å². The maximum absolute atomic E-state index is 11.4. The molecule has 0 amide bonds. The van der Waals surface area contributed by atoms with E-state index in [-0.39, 0.29) is 0 Å². The Morgan fingerprint density at radius 2 is 2.19 bits per heavy atom. The van der Waals surface area contributed by atoms with Crippen LogP contribution < -0.4 is 10.2 Å². The third kappa shape index (κ3) is 3.75.